The Labute approximate surface area is 110 Å². The summed E-state index contributed by atoms with van der Waals surface area (Å²) in [5.41, 5.74) is 1.28. The van der Waals surface area contributed by atoms with E-state index in [1.54, 1.807) is 13.2 Å². The van der Waals surface area contributed by atoms with Gasteiger partial charge in [-0.3, -0.25) is 9.00 Å². The van der Waals surface area contributed by atoms with Gasteiger partial charge in [-0.15, -0.1) is 0 Å². The van der Waals surface area contributed by atoms with Crippen molar-refractivity contribution >= 4 is 10.8 Å². The van der Waals surface area contributed by atoms with Gasteiger partial charge in [-0.05, 0) is 27.7 Å². The number of aromatic amines is 1. The first-order valence-electron chi connectivity index (χ1n) is 5.96. The number of hydrogen-bond donors (Lipinski definition) is 2. The number of H-pyrrole nitrogens is 1. The van der Waals surface area contributed by atoms with Gasteiger partial charge in [-0.1, -0.05) is 0 Å². The standard InChI is InChI=1S/C12H21N3O2S/c1-7(18(5)17)6-13-8(2)11-9(3)14-10(4)15-12(11)16/h7-8,13H,6H2,1-5H3,(H,14,15,16). The van der Waals surface area contributed by atoms with Gasteiger partial charge in [0.15, 0.2) is 0 Å². The molecule has 1 aromatic rings. The van der Waals surface area contributed by atoms with Crippen molar-refractivity contribution in [3.05, 3.63) is 27.4 Å². The Hall–Kier alpha value is -1.01. The van der Waals surface area contributed by atoms with E-state index in [0.717, 1.165) is 5.69 Å². The molecule has 3 atom stereocenters. The van der Waals surface area contributed by atoms with Crippen LogP contribution in [0, 0.1) is 13.8 Å². The van der Waals surface area contributed by atoms with E-state index in [1.807, 2.05) is 20.8 Å². The molecule has 0 fully saturated rings. The fourth-order valence-electron chi connectivity index (χ4n) is 1.81. The van der Waals surface area contributed by atoms with Gasteiger partial charge in [0.05, 0.1) is 5.56 Å². The van der Waals surface area contributed by atoms with E-state index >= 15 is 0 Å². The van der Waals surface area contributed by atoms with Crippen LogP contribution in [0.1, 0.15) is 37.0 Å². The van der Waals surface area contributed by atoms with Crippen molar-refractivity contribution in [2.75, 3.05) is 12.8 Å². The minimum absolute atomic E-state index is 0.0604. The molecule has 0 aliphatic carbocycles. The highest BCUT2D eigenvalue weighted by Crippen LogP contribution is 2.10. The Balaban J connectivity index is 2.82. The van der Waals surface area contributed by atoms with Crippen LogP contribution in [0.5, 0.6) is 0 Å². The second-order valence-corrected chi connectivity index (χ2v) is 6.39. The topological polar surface area (TPSA) is 74.8 Å². The summed E-state index contributed by atoms with van der Waals surface area (Å²) in [5.74, 6) is 0.622. The summed E-state index contributed by atoms with van der Waals surface area (Å²) in [4.78, 5) is 18.9. The van der Waals surface area contributed by atoms with Crippen LogP contribution in [0.25, 0.3) is 0 Å². The molecule has 18 heavy (non-hydrogen) atoms. The fourth-order valence-corrected chi connectivity index (χ4v) is 2.14. The Morgan fingerprint density at radius 1 is 1.39 bits per heavy atom. The largest absolute Gasteiger partial charge is 0.310 e. The van der Waals surface area contributed by atoms with Crippen molar-refractivity contribution in [3.8, 4) is 0 Å². The lowest BCUT2D eigenvalue weighted by Crippen LogP contribution is -2.33. The van der Waals surface area contributed by atoms with Crippen LogP contribution in [-0.4, -0.2) is 32.2 Å². The lowest BCUT2D eigenvalue weighted by atomic mass is 10.1. The van der Waals surface area contributed by atoms with Gasteiger partial charge in [0.2, 0.25) is 0 Å². The molecule has 102 valence electrons. The highest BCUT2D eigenvalue weighted by Gasteiger charge is 2.15. The molecule has 0 amide bonds. The zero-order chi connectivity index (χ0) is 13.9. The second-order valence-electron chi connectivity index (χ2n) is 4.59. The summed E-state index contributed by atoms with van der Waals surface area (Å²) < 4.78 is 11.3. The second kappa shape index (κ2) is 6.24. The molecule has 0 spiro atoms. The monoisotopic (exact) mass is 271 g/mol. The average molecular weight is 271 g/mol. The van der Waals surface area contributed by atoms with Gasteiger partial charge < -0.3 is 10.3 Å². The molecular weight excluding hydrogens is 250 g/mol. The summed E-state index contributed by atoms with van der Waals surface area (Å²) in [6.07, 6.45) is 1.68. The lowest BCUT2D eigenvalue weighted by Gasteiger charge is -2.17. The molecule has 0 radical (unpaired) electrons. The van der Waals surface area contributed by atoms with Crippen LogP contribution in [0.15, 0.2) is 4.79 Å². The first-order chi connectivity index (χ1) is 8.32. The number of aromatic nitrogens is 2. The van der Waals surface area contributed by atoms with E-state index in [-0.39, 0.29) is 16.9 Å². The zero-order valence-corrected chi connectivity index (χ0v) is 12.4. The maximum absolute atomic E-state index is 11.9. The SMILES string of the molecule is Cc1nc(C)c(C(C)NCC(C)S(C)=O)c(=O)[nH]1. The molecule has 6 heteroatoms. The van der Waals surface area contributed by atoms with E-state index in [4.69, 9.17) is 0 Å². The van der Waals surface area contributed by atoms with Crippen LogP contribution >= 0.6 is 0 Å². The lowest BCUT2D eigenvalue weighted by molar-refractivity contribution is 0.558. The van der Waals surface area contributed by atoms with E-state index in [9.17, 15) is 9.00 Å². The molecule has 1 rings (SSSR count). The van der Waals surface area contributed by atoms with Crippen molar-refractivity contribution in [3.63, 3.8) is 0 Å². The molecule has 0 saturated carbocycles. The maximum atomic E-state index is 11.9. The molecule has 5 nitrogen and oxygen atoms in total. The first-order valence-corrected chi connectivity index (χ1v) is 7.58. The van der Waals surface area contributed by atoms with Crippen LogP contribution < -0.4 is 10.9 Å². The summed E-state index contributed by atoms with van der Waals surface area (Å²) in [6.45, 7) is 8.03. The van der Waals surface area contributed by atoms with Crippen LogP contribution in [0.4, 0.5) is 0 Å². The smallest absolute Gasteiger partial charge is 0.255 e. The van der Waals surface area contributed by atoms with Crippen molar-refractivity contribution in [2.45, 2.75) is 39.0 Å². The predicted molar refractivity (Wildman–Crippen MR) is 74.3 cm³/mol. The highest BCUT2D eigenvalue weighted by molar-refractivity contribution is 7.84. The number of hydrogen-bond acceptors (Lipinski definition) is 4. The molecule has 2 N–H and O–H groups in total. The van der Waals surface area contributed by atoms with E-state index in [0.29, 0.717) is 17.9 Å². The van der Waals surface area contributed by atoms with Gasteiger partial charge >= 0.3 is 0 Å². The van der Waals surface area contributed by atoms with Gasteiger partial charge in [0.25, 0.3) is 5.56 Å². The molecule has 0 aliphatic rings. The third kappa shape index (κ3) is 3.74. The molecular formula is C12H21N3O2S. The van der Waals surface area contributed by atoms with E-state index in [1.165, 1.54) is 0 Å². The van der Waals surface area contributed by atoms with E-state index < -0.39 is 10.8 Å². The van der Waals surface area contributed by atoms with E-state index in [2.05, 4.69) is 15.3 Å². The van der Waals surface area contributed by atoms with Gasteiger partial charge in [0, 0.05) is 40.6 Å². The van der Waals surface area contributed by atoms with Crippen molar-refractivity contribution in [1.29, 1.82) is 0 Å². The molecule has 0 aliphatic heterocycles. The summed E-state index contributed by atoms with van der Waals surface area (Å²) >= 11 is 0. The molecule has 0 bridgehead atoms. The summed E-state index contributed by atoms with van der Waals surface area (Å²) in [6, 6.07) is -0.104. The third-order valence-corrected chi connectivity index (χ3v) is 4.28. The van der Waals surface area contributed by atoms with Gasteiger partial charge in [0.1, 0.15) is 5.82 Å². The quantitative estimate of drug-likeness (QED) is 0.831. The Kier molecular flexibility index (Phi) is 5.22. The van der Waals surface area contributed by atoms with Crippen molar-refractivity contribution < 1.29 is 4.21 Å². The Morgan fingerprint density at radius 2 is 2.00 bits per heavy atom. The highest BCUT2D eigenvalue weighted by atomic mass is 32.2. The predicted octanol–water partition coefficient (Wildman–Crippen LogP) is 0.804. The van der Waals surface area contributed by atoms with Crippen LogP contribution in [0.3, 0.4) is 0 Å². The Morgan fingerprint density at radius 3 is 2.50 bits per heavy atom. The first kappa shape index (κ1) is 15.0. The molecule has 1 heterocycles. The maximum Gasteiger partial charge on any atom is 0.255 e. The van der Waals surface area contributed by atoms with Crippen LogP contribution in [0.2, 0.25) is 0 Å². The minimum atomic E-state index is -0.862. The molecule has 3 unspecified atom stereocenters. The Bertz CT molecular complexity index is 499. The molecule has 0 saturated heterocycles. The number of aryl methyl sites for hydroxylation is 2. The van der Waals surface area contributed by atoms with Crippen molar-refractivity contribution in [2.24, 2.45) is 0 Å². The average Bonchev–Trinajstić information content (AvgIpc) is 2.24. The summed E-state index contributed by atoms with van der Waals surface area (Å²) in [7, 11) is -0.862. The normalized spacial score (nSPS) is 16.3. The van der Waals surface area contributed by atoms with Crippen molar-refractivity contribution in [1.82, 2.24) is 15.3 Å². The third-order valence-electron chi connectivity index (χ3n) is 2.98. The number of nitrogens with one attached hydrogen (secondary N) is 2. The zero-order valence-electron chi connectivity index (χ0n) is 11.5. The number of rotatable bonds is 5. The summed E-state index contributed by atoms with van der Waals surface area (Å²) in [5, 5.41) is 3.29. The number of nitrogens with zero attached hydrogens (tertiary/aromatic N) is 1. The van der Waals surface area contributed by atoms with Gasteiger partial charge in [-0.25, -0.2) is 4.98 Å². The van der Waals surface area contributed by atoms with Crippen LogP contribution in [-0.2, 0) is 10.8 Å². The minimum Gasteiger partial charge on any atom is -0.310 e. The molecule has 0 aromatic carbocycles. The fraction of sp³-hybridized carbons (Fsp3) is 0.667. The molecule has 1 aromatic heterocycles. The van der Waals surface area contributed by atoms with Gasteiger partial charge in [-0.2, -0.15) is 0 Å².